The average molecular weight is 242 g/mol. The Morgan fingerprint density at radius 2 is 1.94 bits per heavy atom. The number of anilines is 2. The fraction of sp³-hybridized carbons (Fsp3) is 0.0714. The molecule has 0 radical (unpaired) electrons. The van der Waals surface area contributed by atoms with Crippen LogP contribution in [0.4, 0.5) is 15.8 Å². The largest absolute Gasteiger partial charge is 0.495 e. The number of methoxy groups -OCH3 is 1. The molecule has 0 aliphatic carbocycles. The topological polar surface area (TPSA) is 45.0 Å². The van der Waals surface area contributed by atoms with Crippen molar-refractivity contribution in [3.8, 4) is 11.8 Å². The minimum atomic E-state index is -0.433. The second-order valence-electron chi connectivity index (χ2n) is 3.63. The molecule has 0 saturated heterocycles. The summed E-state index contributed by atoms with van der Waals surface area (Å²) < 4.78 is 18.2. The lowest BCUT2D eigenvalue weighted by molar-refractivity contribution is 0.417. The first kappa shape index (κ1) is 11.9. The maximum atomic E-state index is 13.0. The zero-order valence-corrected chi connectivity index (χ0v) is 9.77. The number of para-hydroxylation sites is 2. The second-order valence-corrected chi connectivity index (χ2v) is 3.63. The van der Waals surface area contributed by atoms with Crippen molar-refractivity contribution in [1.82, 2.24) is 0 Å². The van der Waals surface area contributed by atoms with E-state index in [-0.39, 0.29) is 5.56 Å². The molecule has 0 amide bonds. The number of nitrogens with one attached hydrogen (secondary N) is 1. The highest BCUT2D eigenvalue weighted by Gasteiger charge is 2.06. The van der Waals surface area contributed by atoms with Gasteiger partial charge in [0.2, 0.25) is 0 Å². The van der Waals surface area contributed by atoms with Crippen molar-refractivity contribution in [2.75, 3.05) is 12.4 Å². The molecule has 3 nitrogen and oxygen atoms in total. The summed E-state index contributed by atoms with van der Waals surface area (Å²) in [6, 6.07) is 13.3. The van der Waals surface area contributed by atoms with Gasteiger partial charge in [-0.3, -0.25) is 0 Å². The van der Waals surface area contributed by atoms with Crippen LogP contribution >= 0.6 is 0 Å². The van der Waals surface area contributed by atoms with E-state index in [1.54, 1.807) is 13.2 Å². The van der Waals surface area contributed by atoms with Crippen molar-refractivity contribution >= 4 is 11.4 Å². The summed E-state index contributed by atoms with van der Waals surface area (Å²) >= 11 is 0. The molecule has 0 aliphatic heterocycles. The van der Waals surface area contributed by atoms with Crippen molar-refractivity contribution in [3.63, 3.8) is 0 Å². The first-order valence-corrected chi connectivity index (χ1v) is 5.34. The SMILES string of the molecule is COc1ccccc1Nc1ccc(F)cc1C#N. The van der Waals surface area contributed by atoms with Gasteiger partial charge in [-0.15, -0.1) is 0 Å². The van der Waals surface area contributed by atoms with Crippen molar-refractivity contribution in [1.29, 1.82) is 5.26 Å². The molecule has 90 valence electrons. The van der Waals surface area contributed by atoms with Crippen LogP contribution in [-0.2, 0) is 0 Å². The second kappa shape index (κ2) is 5.19. The lowest BCUT2D eigenvalue weighted by Crippen LogP contribution is -1.97. The van der Waals surface area contributed by atoms with Crippen molar-refractivity contribution in [2.45, 2.75) is 0 Å². The minimum absolute atomic E-state index is 0.251. The van der Waals surface area contributed by atoms with Gasteiger partial charge < -0.3 is 10.1 Å². The molecular weight excluding hydrogens is 231 g/mol. The summed E-state index contributed by atoms with van der Waals surface area (Å²) in [6.07, 6.45) is 0. The highest BCUT2D eigenvalue weighted by atomic mass is 19.1. The van der Waals surface area contributed by atoms with E-state index in [0.717, 1.165) is 5.69 Å². The molecule has 0 spiro atoms. The van der Waals surface area contributed by atoms with Gasteiger partial charge in [0.05, 0.1) is 24.0 Å². The van der Waals surface area contributed by atoms with Gasteiger partial charge >= 0.3 is 0 Å². The summed E-state index contributed by atoms with van der Waals surface area (Å²) in [4.78, 5) is 0. The fourth-order valence-corrected chi connectivity index (χ4v) is 1.61. The third-order valence-electron chi connectivity index (χ3n) is 2.48. The van der Waals surface area contributed by atoms with Crippen LogP contribution in [0, 0.1) is 17.1 Å². The monoisotopic (exact) mass is 242 g/mol. The normalized spacial score (nSPS) is 9.61. The third kappa shape index (κ3) is 2.41. The molecule has 2 rings (SSSR count). The fourth-order valence-electron chi connectivity index (χ4n) is 1.61. The van der Waals surface area contributed by atoms with Gasteiger partial charge in [0.25, 0.3) is 0 Å². The summed E-state index contributed by atoms with van der Waals surface area (Å²) in [7, 11) is 1.57. The zero-order chi connectivity index (χ0) is 13.0. The van der Waals surface area contributed by atoms with Gasteiger partial charge in [0.15, 0.2) is 0 Å². The van der Waals surface area contributed by atoms with Crippen molar-refractivity contribution < 1.29 is 9.13 Å². The van der Waals surface area contributed by atoms with E-state index in [4.69, 9.17) is 10.00 Å². The molecule has 0 bridgehead atoms. The van der Waals surface area contributed by atoms with Crippen LogP contribution in [0.25, 0.3) is 0 Å². The molecule has 4 heteroatoms. The molecule has 0 aliphatic rings. The standard InChI is InChI=1S/C14H11FN2O/c1-18-14-5-3-2-4-13(14)17-12-7-6-11(15)8-10(12)9-16/h2-8,17H,1H3. The molecule has 0 atom stereocenters. The number of nitrogens with zero attached hydrogens (tertiary/aromatic N) is 1. The molecule has 1 N–H and O–H groups in total. The number of halogens is 1. The Balaban J connectivity index is 2.37. The van der Waals surface area contributed by atoms with E-state index in [2.05, 4.69) is 5.32 Å². The number of ether oxygens (including phenoxy) is 1. The number of hydrogen-bond donors (Lipinski definition) is 1. The van der Waals surface area contributed by atoms with Gasteiger partial charge in [-0.25, -0.2) is 4.39 Å². The van der Waals surface area contributed by atoms with Crippen molar-refractivity contribution in [3.05, 3.63) is 53.8 Å². The average Bonchev–Trinajstić information content (AvgIpc) is 2.41. The Morgan fingerprint density at radius 3 is 2.67 bits per heavy atom. The lowest BCUT2D eigenvalue weighted by atomic mass is 10.1. The van der Waals surface area contributed by atoms with Crippen LogP contribution in [0.15, 0.2) is 42.5 Å². The molecule has 0 saturated carbocycles. The maximum Gasteiger partial charge on any atom is 0.142 e. The van der Waals surface area contributed by atoms with E-state index in [0.29, 0.717) is 11.4 Å². The Hall–Kier alpha value is -2.54. The molecule has 18 heavy (non-hydrogen) atoms. The number of benzene rings is 2. The van der Waals surface area contributed by atoms with Crippen LogP contribution in [0.1, 0.15) is 5.56 Å². The Kier molecular flexibility index (Phi) is 3.44. The summed E-state index contributed by atoms with van der Waals surface area (Å²) in [5.41, 5.74) is 1.52. The molecule has 0 heterocycles. The highest BCUT2D eigenvalue weighted by Crippen LogP contribution is 2.28. The number of nitriles is 1. The molecule has 0 aromatic heterocycles. The summed E-state index contributed by atoms with van der Waals surface area (Å²) in [6.45, 7) is 0. The Labute approximate surface area is 104 Å². The first-order valence-electron chi connectivity index (χ1n) is 5.34. The summed E-state index contributed by atoms with van der Waals surface area (Å²) in [5.74, 6) is 0.225. The van der Waals surface area contributed by atoms with E-state index in [1.165, 1.54) is 18.2 Å². The van der Waals surface area contributed by atoms with Crippen LogP contribution in [0.2, 0.25) is 0 Å². The number of rotatable bonds is 3. The van der Waals surface area contributed by atoms with Gasteiger partial charge in [-0.1, -0.05) is 12.1 Å². The molecule has 2 aromatic carbocycles. The van der Waals surface area contributed by atoms with Crippen molar-refractivity contribution in [2.24, 2.45) is 0 Å². The van der Waals surface area contributed by atoms with Crippen LogP contribution in [0.5, 0.6) is 5.75 Å². The lowest BCUT2D eigenvalue weighted by Gasteiger charge is -2.11. The Bertz CT molecular complexity index is 605. The highest BCUT2D eigenvalue weighted by molar-refractivity contribution is 5.70. The van der Waals surface area contributed by atoms with E-state index < -0.39 is 5.82 Å². The van der Waals surface area contributed by atoms with Crippen LogP contribution in [0.3, 0.4) is 0 Å². The predicted molar refractivity (Wildman–Crippen MR) is 67.4 cm³/mol. The quantitative estimate of drug-likeness (QED) is 0.896. The van der Waals surface area contributed by atoms with Gasteiger partial charge in [-0.2, -0.15) is 5.26 Å². The smallest absolute Gasteiger partial charge is 0.142 e. The van der Waals surface area contributed by atoms with Crippen LogP contribution in [-0.4, -0.2) is 7.11 Å². The summed E-state index contributed by atoms with van der Waals surface area (Å²) in [5, 5.41) is 12.0. The molecule has 0 fully saturated rings. The third-order valence-corrected chi connectivity index (χ3v) is 2.48. The predicted octanol–water partition coefficient (Wildman–Crippen LogP) is 3.45. The Morgan fingerprint density at radius 1 is 1.17 bits per heavy atom. The molecule has 2 aromatic rings. The maximum absolute atomic E-state index is 13.0. The minimum Gasteiger partial charge on any atom is -0.495 e. The van der Waals surface area contributed by atoms with Crippen LogP contribution < -0.4 is 10.1 Å². The first-order chi connectivity index (χ1) is 8.74. The van der Waals surface area contributed by atoms with Gasteiger partial charge in [0.1, 0.15) is 17.6 Å². The number of hydrogen-bond acceptors (Lipinski definition) is 3. The van der Waals surface area contributed by atoms with Gasteiger partial charge in [0, 0.05) is 0 Å². The molecule has 0 unspecified atom stereocenters. The zero-order valence-electron chi connectivity index (χ0n) is 9.77. The van der Waals surface area contributed by atoms with Gasteiger partial charge in [-0.05, 0) is 30.3 Å². The van der Waals surface area contributed by atoms with E-state index in [9.17, 15) is 4.39 Å². The van der Waals surface area contributed by atoms with E-state index >= 15 is 0 Å². The van der Waals surface area contributed by atoms with E-state index in [1.807, 2.05) is 24.3 Å². The molecular formula is C14H11FN2O.